The van der Waals surface area contributed by atoms with Crippen molar-refractivity contribution in [2.75, 3.05) is 11.9 Å². The molecule has 5 rings (SSSR count). The van der Waals surface area contributed by atoms with Crippen molar-refractivity contribution in [2.45, 2.75) is 25.8 Å². The van der Waals surface area contributed by atoms with Crippen LogP contribution in [0.3, 0.4) is 0 Å². The molecule has 0 atom stereocenters. The molecule has 0 fully saturated rings. The Morgan fingerprint density at radius 2 is 2.04 bits per heavy atom. The fraction of sp³-hybridized carbons (Fsp3) is 0.250. The molecule has 130 valence electrons. The number of benzene rings is 1. The van der Waals surface area contributed by atoms with Gasteiger partial charge in [0.1, 0.15) is 11.5 Å². The van der Waals surface area contributed by atoms with Gasteiger partial charge >= 0.3 is 0 Å². The highest BCUT2D eigenvalue weighted by Gasteiger charge is 2.29. The average Bonchev–Trinajstić information content (AvgIpc) is 2.95. The number of hydrogen-bond donors (Lipinski definition) is 2. The van der Waals surface area contributed by atoms with Crippen molar-refractivity contribution >= 4 is 17.4 Å². The van der Waals surface area contributed by atoms with E-state index in [0.717, 1.165) is 59.8 Å². The summed E-state index contributed by atoms with van der Waals surface area (Å²) in [5.74, 6) is 0.784. The molecule has 0 spiro atoms. The Morgan fingerprint density at radius 3 is 2.92 bits per heavy atom. The van der Waals surface area contributed by atoms with Crippen LogP contribution in [0.5, 0.6) is 0 Å². The smallest absolute Gasteiger partial charge is 0.269 e. The van der Waals surface area contributed by atoms with E-state index >= 15 is 0 Å². The fourth-order valence-electron chi connectivity index (χ4n) is 3.78. The monoisotopic (exact) mass is 345 g/mol. The van der Waals surface area contributed by atoms with E-state index in [1.807, 2.05) is 47.3 Å². The molecule has 1 aliphatic heterocycles. The Kier molecular flexibility index (Phi) is 3.48. The van der Waals surface area contributed by atoms with Crippen LogP contribution < -0.4 is 10.6 Å². The number of para-hydroxylation sites is 1. The van der Waals surface area contributed by atoms with Crippen molar-refractivity contribution in [1.82, 2.24) is 20.1 Å². The van der Waals surface area contributed by atoms with Crippen molar-refractivity contribution < 1.29 is 4.79 Å². The Balaban J connectivity index is 1.58. The minimum absolute atomic E-state index is 0.00334. The van der Waals surface area contributed by atoms with E-state index in [2.05, 4.69) is 15.6 Å². The van der Waals surface area contributed by atoms with E-state index in [-0.39, 0.29) is 5.91 Å². The highest BCUT2D eigenvalue weighted by molar-refractivity contribution is 5.96. The third kappa shape index (κ3) is 2.45. The summed E-state index contributed by atoms with van der Waals surface area (Å²) in [4.78, 5) is 17.0. The molecule has 3 heterocycles. The van der Waals surface area contributed by atoms with Crippen LogP contribution in [0, 0.1) is 0 Å². The number of fused-ring (bicyclic) bond motifs is 5. The number of nitrogens with one attached hydrogen (secondary N) is 2. The number of pyridine rings is 1. The molecule has 0 saturated heterocycles. The fourth-order valence-corrected chi connectivity index (χ4v) is 3.78. The molecule has 2 N–H and O–H groups in total. The summed E-state index contributed by atoms with van der Waals surface area (Å²) in [5.41, 5.74) is 5.98. The van der Waals surface area contributed by atoms with Crippen molar-refractivity contribution in [3.63, 3.8) is 0 Å². The molecule has 6 nitrogen and oxygen atoms in total. The molecule has 0 radical (unpaired) electrons. The first-order valence-electron chi connectivity index (χ1n) is 8.99. The number of hydrogen-bond acceptors (Lipinski definition) is 4. The standard InChI is InChI=1S/C20H19N5O/c26-20-19-15-8-7-13-12-22-17(23-14-5-2-1-3-6-14)11-16(13)18(15)24-25(19)10-4-9-21-20/h1-3,5-6,11-12H,4,7-10H2,(H,21,26)(H,22,23). The second-order valence-corrected chi connectivity index (χ2v) is 6.73. The summed E-state index contributed by atoms with van der Waals surface area (Å²) < 4.78 is 1.88. The Bertz CT molecular complexity index is 993. The third-order valence-corrected chi connectivity index (χ3v) is 5.03. The summed E-state index contributed by atoms with van der Waals surface area (Å²) >= 11 is 0. The predicted octanol–water partition coefficient (Wildman–Crippen LogP) is 2.92. The van der Waals surface area contributed by atoms with E-state index in [1.54, 1.807) is 0 Å². The van der Waals surface area contributed by atoms with E-state index in [4.69, 9.17) is 5.10 Å². The summed E-state index contributed by atoms with van der Waals surface area (Å²) in [6, 6.07) is 12.0. The van der Waals surface area contributed by atoms with Gasteiger partial charge in [-0.1, -0.05) is 18.2 Å². The normalized spacial score (nSPS) is 15.3. The molecule has 0 bridgehead atoms. The molecule has 0 saturated carbocycles. The van der Waals surface area contributed by atoms with Crippen LogP contribution in [0.25, 0.3) is 11.3 Å². The van der Waals surface area contributed by atoms with Crippen molar-refractivity contribution in [3.8, 4) is 11.3 Å². The Morgan fingerprint density at radius 1 is 1.15 bits per heavy atom. The van der Waals surface area contributed by atoms with Gasteiger partial charge in [0.15, 0.2) is 0 Å². The summed E-state index contributed by atoms with van der Waals surface area (Å²) in [7, 11) is 0. The highest BCUT2D eigenvalue weighted by atomic mass is 16.2. The number of aromatic nitrogens is 3. The van der Waals surface area contributed by atoms with Gasteiger partial charge in [-0.15, -0.1) is 0 Å². The van der Waals surface area contributed by atoms with Crippen LogP contribution in [0.4, 0.5) is 11.5 Å². The molecule has 1 aliphatic carbocycles. The maximum atomic E-state index is 12.5. The minimum Gasteiger partial charge on any atom is -0.351 e. The lowest BCUT2D eigenvalue weighted by atomic mass is 9.90. The van der Waals surface area contributed by atoms with Gasteiger partial charge in [-0.05, 0) is 43.0 Å². The molecule has 6 heteroatoms. The average molecular weight is 345 g/mol. The summed E-state index contributed by atoms with van der Waals surface area (Å²) in [5, 5.41) is 11.1. The zero-order chi connectivity index (χ0) is 17.5. The molecular weight excluding hydrogens is 326 g/mol. The number of nitrogens with zero attached hydrogens (tertiary/aromatic N) is 3. The van der Waals surface area contributed by atoms with Crippen molar-refractivity contribution in [3.05, 3.63) is 59.4 Å². The topological polar surface area (TPSA) is 71.8 Å². The second kappa shape index (κ2) is 5.98. The van der Waals surface area contributed by atoms with Gasteiger partial charge in [-0.2, -0.15) is 5.10 Å². The molecule has 0 unspecified atom stereocenters. The van der Waals surface area contributed by atoms with Crippen molar-refractivity contribution in [1.29, 1.82) is 0 Å². The molecule has 1 amide bonds. The number of carbonyl (C=O) groups excluding carboxylic acids is 1. The van der Waals surface area contributed by atoms with Gasteiger partial charge in [-0.25, -0.2) is 4.98 Å². The predicted molar refractivity (Wildman–Crippen MR) is 99.5 cm³/mol. The van der Waals surface area contributed by atoms with Crippen molar-refractivity contribution in [2.24, 2.45) is 0 Å². The third-order valence-electron chi connectivity index (χ3n) is 5.03. The first kappa shape index (κ1) is 15.1. The lowest BCUT2D eigenvalue weighted by Gasteiger charge is -2.17. The Labute approximate surface area is 151 Å². The van der Waals surface area contributed by atoms with E-state index in [1.165, 1.54) is 5.56 Å². The zero-order valence-electron chi connectivity index (χ0n) is 14.3. The minimum atomic E-state index is -0.00334. The highest BCUT2D eigenvalue weighted by Crippen LogP contribution is 2.36. The Hall–Kier alpha value is -3.15. The molecule has 1 aromatic carbocycles. The van der Waals surface area contributed by atoms with Gasteiger partial charge in [-0.3, -0.25) is 9.48 Å². The van der Waals surface area contributed by atoms with Crippen LogP contribution >= 0.6 is 0 Å². The van der Waals surface area contributed by atoms with Gasteiger partial charge in [0.05, 0.1) is 5.69 Å². The summed E-state index contributed by atoms with van der Waals surface area (Å²) in [6.07, 6.45) is 4.54. The van der Waals surface area contributed by atoms with Crippen LogP contribution in [-0.2, 0) is 19.4 Å². The van der Waals surface area contributed by atoms with E-state index < -0.39 is 0 Å². The van der Waals surface area contributed by atoms with Gasteiger partial charge in [0, 0.05) is 36.1 Å². The lowest BCUT2D eigenvalue weighted by Crippen LogP contribution is -2.24. The number of anilines is 2. The number of rotatable bonds is 2. The molecule has 3 aromatic rings. The van der Waals surface area contributed by atoms with Crippen LogP contribution in [0.1, 0.15) is 28.0 Å². The number of amides is 1. The van der Waals surface area contributed by atoms with Crippen LogP contribution in [0.15, 0.2) is 42.6 Å². The SMILES string of the molecule is O=C1NCCCn2nc3c(c21)CCc1cnc(Nc2ccccc2)cc1-3. The largest absolute Gasteiger partial charge is 0.351 e. The molecular formula is C20H19N5O. The first-order chi connectivity index (χ1) is 12.8. The first-order valence-corrected chi connectivity index (χ1v) is 8.99. The maximum absolute atomic E-state index is 12.5. The van der Waals surface area contributed by atoms with Gasteiger partial charge in [0.25, 0.3) is 5.91 Å². The molecule has 2 aromatic heterocycles. The molecule has 26 heavy (non-hydrogen) atoms. The zero-order valence-corrected chi connectivity index (χ0v) is 14.3. The van der Waals surface area contributed by atoms with Gasteiger partial charge in [0.2, 0.25) is 0 Å². The summed E-state index contributed by atoms with van der Waals surface area (Å²) in [6.45, 7) is 1.49. The maximum Gasteiger partial charge on any atom is 0.269 e. The van der Waals surface area contributed by atoms with E-state index in [0.29, 0.717) is 6.54 Å². The van der Waals surface area contributed by atoms with Gasteiger partial charge < -0.3 is 10.6 Å². The lowest BCUT2D eigenvalue weighted by molar-refractivity contribution is 0.0949. The quantitative estimate of drug-likeness (QED) is 0.749. The van der Waals surface area contributed by atoms with Crippen LogP contribution in [-0.4, -0.2) is 27.2 Å². The van der Waals surface area contributed by atoms with Crippen LogP contribution in [0.2, 0.25) is 0 Å². The molecule has 2 aliphatic rings. The number of aryl methyl sites for hydroxylation is 2. The number of carbonyl (C=O) groups is 1. The second-order valence-electron chi connectivity index (χ2n) is 6.73. The van der Waals surface area contributed by atoms with E-state index in [9.17, 15) is 4.79 Å².